The Morgan fingerprint density at radius 3 is 2.39 bits per heavy atom. The molecule has 0 fully saturated rings. The van der Waals surface area contributed by atoms with Crippen LogP contribution < -0.4 is 10.6 Å². The van der Waals surface area contributed by atoms with E-state index in [-0.39, 0.29) is 18.2 Å². The lowest BCUT2D eigenvalue weighted by Gasteiger charge is -2.04. The summed E-state index contributed by atoms with van der Waals surface area (Å²) in [7, 11) is 0. The third-order valence-corrected chi connectivity index (χ3v) is 3.34. The zero-order valence-corrected chi connectivity index (χ0v) is 13.6. The molecular weight excluding hydrogens is 294 g/mol. The second-order valence-corrected chi connectivity index (χ2v) is 5.40. The maximum atomic E-state index is 11.9. The van der Waals surface area contributed by atoms with E-state index >= 15 is 0 Å². The van der Waals surface area contributed by atoms with E-state index in [2.05, 4.69) is 15.6 Å². The predicted octanol–water partition coefficient (Wildman–Crippen LogP) is 1.75. The molecule has 2 amide bonds. The van der Waals surface area contributed by atoms with Gasteiger partial charge in [0.15, 0.2) is 0 Å². The highest BCUT2D eigenvalue weighted by Crippen LogP contribution is 2.22. The first-order valence-corrected chi connectivity index (χ1v) is 7.50. The smallest absolute Gasteiger partial charge is 0.226 e. The molecule has 0 aliphatic rings. The quantitative estimate of drug-likeness (QED) is 0.796. The Hall–Kier alpha value is -2.63. The number of carbonyl (C=O) groups excluding carboxylic acids is 2. The Balaban J connectivity index is 1.94. The van der Waals surface area contributed by atoms with Crippen molar-refractivity contribution in [3.63, 3.8) is 0 Å². The molecule has 1 aromatic heterocycles. The van der Waals surface area contributed by atoms with Gasteiger partial charge in [0.25, 0.3) is 0 Å². The van der Waals surface area contributed by atoms with Crippen molar-refractivity contribution in [3.8, 4) is 11.5 Å². The zero-order chi connectivity index (χ0) is 16.8. The number of amides is 2. The van der Waals surface area contributed by atoms with Gasteiger partial charge < -0.3 is 15.1 Å². The molecule has 0 saturated heterocycles. The fourth-order valence-electron chi connectivity index (χ4n) is 2.07. The molecule has 1 heterocycles. The molecule has 0 radical (unpaired) electrons. The lowest BCUT2D eigenvalue weighted by molar-refractivity contribution is -0.121. The molecule has 0 saturated carbocycles. The van der Waals surface area contributed by atoms with Crippen molar-refractivity contribution >= 4 is 11.8 Å². The number of nitrogens with one attached hydrogen (secondary N) is 2. The number of rotatable bonds is 6. The van der Waals surface area contributed by atoms with Gasteiger partial charge in [0.1, 0.15) is 5.76 Å². The molecule has 0 aliphatic heterocycles. The van der Waals surface area contributed by atoms with E-state index in [4.69, 9.17) is 4.42 Å². The van der Waals surface area contributed by atoms with Gasteiger partial charge in [-0.25, -0.2) is 4.98 Å². The summed E-state index contributed by atoms with van der Waals surface area (Å²) in [5.41, 5.74) is 2.67. The Labute approximate surface area is 135 Å². The summed E-state index contributed by atoms with van der Waals surface area (Å²) >= 11 is 0. The summed E-state index contributed by atoms with van der Waals surface area (Å²) in [4.78, 5) is 27.0. The lowest BCUT2D eigenvalue weighted by atomic mass is 10.1. The van der Waals surface area contributed by atoms with Gasteiger partial charge in [-0.3, -0.25) is 9.59 Å². The molecule has 0 aliphatic carbocycles. The van der Waals surface area contributed by atoms with Crippen LogP contribution in [0.1, 0.15) is 23.9 Å². The molecular formula is C17H21N3O3. The Morgan fingerprint density at radius 1 is 1.09 bits per heavy atom. The van der Waals surface area contributed by atoms with Crippen LogP contribution in [0.25, 0.3) is 11.5 Å². The molecule has 6 heteroatoms. The third-order valence-electron chi connectivity index (χ3n) is 3.34. The summed E-state index contributed by atoms with van der Waals surface area (Å²) < 4.78 is 5.65. The Morgan fingerprint density at radius 2 is 1.74 bits per heavy atom. The van der Waals surface area contributed by atoms with Gasteiger partial charge in [-0.15, -0.1) is 0 Å². The molecule has 2 N–H and O–H groups in total. The molecule has 23 heavy (non-hydrogen) atoms. The Bertz CT molecular complexity index is 690. The van der Waals surface area contributed by atoms with Crippen LogP contribution in [0.15, 0.2) is 28.7 Å². The molecule has 1 aromatic carbocycles. The number of carbonyl (C=O) groups is 2. The SMILES string of the molecule is CC(=O)NCCNC(=O)Cc1nc(-c2ccc(C)cc2)oc1C. The molecule has 2 aromatic rings. The van der Waals surface area contributed by atoms with E-state index in [1.165, 1.54) is 6.92 Å². The van der Waals surface area contributed by atoms with Gasteiger partial charge in [0.2, 0.25) is 17.7 Å². The number of oxazole rings is 1. The van der Waals surface area contributed by atoms with Crippen LogP contribution in [0.2, 0.25) is 0 Å². The van der Waals surface area contributed by atoms with Crippen LogP contribution >= 0.6 is 0 Å². The molecule has 2 rings (SSSR count). The minimum atomic E-state index is -0.151. The van der Waals surface area contributed by atoms with E-state index in [9.17, 15) is 9.59 Å². The number of nitrogens with zero attached hydrogens (tertiary/aromatic N) is 1. The summed E-state index contributed by atoms with van der Waals surface area (Å²) in [6.07, 6.45) is 0.154. The molecule has 0 atom stereocenters. The van der Waals surface area contributed by atoms with Crippen LogP contribution in [-0.2, 0) is 16.0 Å². The van der Waals surface area contributed by atoms with Crippen molar-refractivity contribution in [2.75, 3.05) is 13.1 Å². The first kappa shape index (κ1) is 16.7. The van der Waals surface area contributed by atoms with E-state index in [1.807, 2.05) is 31.2 Å². The number of aromatic nitrogens is 1. The number of benzene rings is 1. The van der Waals surface area contributed by atoms with Crippen molar-refractivity contribution in [3.05, 3.63) is 41.3 Å². The van der Waals surface area contributed by atoms with Gasteiger partial charge in [0.05, 0.1) is 12.1 Å². The van der Waals surface area contributed by atoms with Crippen molar-refractivity contribution < 1.29 is 14.0 Å². The van der Waals surface area contributed by atoms with E-state index in [1.54, 1.807) is 6.92 Å². The maximum Gasteiger partial charge on any atom is 0.226 e. The van der Waals surface area contributed by atoms with Gasteiger partial charge in [0, 0.05) is 25.6 Å². The van der Waals surface area contributed by atoms with Gasteiger partial charge in [-0.2, -0.15) is 0 Å². The zero-order valence-electron chi connectivity index (χ0n) is 13.6. The van der Waals surface area contributed by atoms with Crippen LogP contribution in [-0.4, -0.2) is 29.9 Å². The van der Waals surface area contributed by atoms with Crippen molar-refractivity contribution in [1.82, 2.24) is 15.6 Å². The normalized spacial score (nSPS) is 10.4. The monoisotopic (exact) mass is 315 g/mol. The second kappa shape index (κ2) is 7.58. The van der Waals surface area contributed by atoms with E-state index in [0.29, 0.717) is 30.4 Å². The van der Waals surface area contributed by atoms with Crippen LogP contribution in [0.3, 0.4) is 0 Å². The molecule has 6 nitrogen and oxygen atoms in total. The second-order valence-electron chi connectivity index (χ2n) is 5.40. The number of hydrogen-bond donors (Lipinski definition) is 2. The lowest BCUT2D eigenvalue weighted by Crippen LogP contribution is -2.34. The fourth-order valence-corrected chi connectivity index (χ4v) is 2.07. The van der Waals surface area contributed by atoms with E-state index < -0.39 is 0 Å². The summed E-state index contributed by atoms with van der Waals surface area (Å²) in [6, 6.07) is 7.86. The minimum absolute atomic E-state index is 0.116. The average Bonchev–Trinajstić information content (AvgIpc) is 2.85. The molecule has 122 valence electrons. The topological polar surface area (TPSA) is 84.2 Å². The highest BCUT2D eigenvalue weighted by atomic mass is 16.4. The van der Waals surface area contributed by atoms with Crippen LogP contribution in [0, 0.1) is 13.8 Å². The van der Waals surface area contributed by atoms with E-state index in [0.717, 1.165) is 11.1 Å². The van der Waals surface area contributed by atoms with Crippen molar-refractivity contribution in [2.45, 2.75) is 27.2 Å². The molecule has 0 spiro atoms. The largest absolute Gasteiger partial charge is 0.441 e. The summed E-state index contributed by atoms with van der Waals surface area (Å²) in [5.74, 6) is 0.887. The standard InChI is InChI=1S/C17H21N3O3/c1-11-4-6-14(7-5-11)17-20-15(12(2)23-17)10-16(22)19-9-8-18-13(3)21/h4-7H,8-10H2,1-3H3,(H,18,21)(H,19,22). The fraction of sp³-hybridized carbons (Fsp3) is 0.353. The first-order valence-electron chi connectivity index (χ1n) is 7.50. The Kier molecular flexibility index (Phi) is 5.51. The van der Waals surface area contributed by atoms with Crippen LogP contribution in [0.4, 0.5) is 0 Å². The van der Waals surface area contributed by atoms with Gasteiger partial charge >= 0.3 is 0 Å². The number of hydrogen-bond acceptors (Lipinski definition) is 4. The van der Waals surface area contributed by atoms with Crippen molar-refractivity contribution in [2.24, 2.45) is 0 Å². The van der Waals surface area contributed by atoms with Crippen LogP contribution in [0.5, 0.6) is 0 Å². The number of aryl methyl sites for hydroxylation is 2. The van der Waals surface area contributed by atoms with Gasteiger partial charge in [-0.05, 0) is 26.0 Å². The van der Waals surface area contributed by atoms with Crippen molar-refractivity contribution in [1.29, 1.82) is 0 Å². The summed E-state index contributed by atoms with van der Waals surface area (Å²) in [5, 5.41) is 5.35. The van der Waals surface area contributed by atoms with Gasteiger partial charge in [-0.1, -0.05) is 17.7 Å². The minimum Gasteiger partial charge on any atom is -0.441 e. The first-order chi connectivity index (χ1) is 11.0. The highest BCUT2D eigenvalue weighted by Gasteiger charge is 2.14. The molecule has 0 unspecified atom stereocenters. The summed E-state index contributed by atoms with van der Waals surface area (Å²) in [6.45, 7) is 6.05. The highest BCUT2D eigenvalue weighted by molar-refractivity contribution is 5.78. The predicted molar refractivity (Wildman–Crippen MR) is 86.8 cm³/mol. The maximum absolute atomic E-state index is 11.9. The molecule has 0 bridgehead atoms. The average molecular weight is 315 g/mol. The third kappa shape index (κ3) is 4.95.